The molecular formula is C22H18ClFN2O3S. The summed E-state index contributed by atoms with van der Waals surface area (Å²) in [5, 5.41) is 0.471. The van der Waals surface area contributed by atoms with Gasteiger partial charge in [0.1, 0.15) is 5.82 Å². The topological polar surface area (TPSA) is 66.5 Å². The Labute approximate surface area is 179 Å². The van der Waals surface area contributed by atoms with Gasteiger partial charge in [-0.25, -0.2) is 12.8 Å². The zero-order valence-corrected chi connectivity index (χ0v) is 17.4. The molecule has 0 aliphatic carbocycles. The molecule has 3 aromatic carbocycles. The number of aryl methyl sites for hydroxylation is 1. The molecule has 3 aromatic rings. The molecule has 4 rings (SSSR count). The average molecular weight is 445 g/mol. The molecule has 5 nitrogen and oxygen atoms in total. The Hall–Kier alpha value is -2.90. The van der Waals surface area contributed by atoms with E-state index in [4.69, 9.17) is 11.6 Å². The van der Waals surface area contributed by atoms with Gasteiger partial charge in [0.2, 0.25) is 0 Å². The number of benzene rings is 3. The van der Waals surface area contributed by atoms with Crippen LogP contribution in [0.2, 0.25) is 5.02 Å². The van der Waals surface area contributed by atoms with Crippen LogP contribution in [-0.2, 0) is 16.4 Å². The summed E-state index contributed by atoms with van der Waals surface area (Å²) in [4.78, 5) is 14.6. The quantitative estimate of drug-likeness (QED) is 0.624. The van der Waals surface area contributed by atoms with Crippen molar-refractivity contribution < 1.29 is 17.6 Å². The van der Waals surface area contributed by atoms with Crippen LogP contribution in [0.25, 0.3) is 0 Å². The number of carbonyl (C=O) groups is 1. The number of para-hydroxylation sites is 1. The van der Waals surface area contributed by atoms with Gasteiger partial charge in [-0.1, -0.05) is 29.8 Å². The molecule has 0 aromatic heterocycles. The minimum atomic E-state index is -3.98. The molecule has 154 valence electrons. The van der Waals surface area contributed by atoms with Gasteiger partial charge in [0.05, 0.1) is 10.6 Å². The molecule has 8 heteroatoms. The van der Waals surface area contributed by atoms with E-state index < -0.39 is 15.8 Å². The zero-order chi connectivity index (χ0) is 21.3. The second-order valence-corrected chi connectivity index (χ2v) is 9.07. The normalized spacial score (nSPS) is 13.6. The lowest BCUT2D eigenvalue weighted by Crippen LogP contribution is -2.35. The Bertz CT molecular complexity index is 1230. The van der Waals surface area contributed by atoms with Crippen LogP contribution in [0.3, 0.4) is 0 Å². The van der Waals surface area contributed by atoms with E-state index in [9.17, 15) is 17.6 Å². The molecule has 30 heavy (non-hydrogen) atoms. The molecule has 0 fully saturated rings. The average Bonchev–Trinajstić information content (AvgIpc) is 2.74. The highest BCUT2D eigenvalue weighted by molar-refractivity contribution is 7.92. The number of nitrogens with zero attached hydrogens (tertiary/aromatic N) is 1. The van der Waals surface area contributed by atoms with E-state index in [2.05, 4.69) is 4.72 Å². The first-order valence-corrected chi connectivity index (χ1v) is 11.2. The van der Waals surface area contributed by atoms with Crippen molar-refractivity contribution in [1.82, 2.24) is 0 Å². The first-order chi connectivity index (χ1) is 14.3. The smallest absolute Gasteiger partial charge is 0.261 e. The maximum absolute atomic E-state index is 13.9. The van der Waals surface area contributed by atoms with Gasteiger partial charge in [-0.15, -0.1) is 0 Å². The van der Waals surface area contributed by atoms with Crippen molar-refractivity contribution in [2.24, 2.45) is 0 Å². The molecule has 1 amide bonds. The molecule has 1 heterocycles. The fraction of sp³-hybridized carbons (Fsp3) is 0.136. The second-order valence-electron chi connectivity index (χ2n) is 6.95. The molecule has 0 saturated carbocycles. The third-order valence-electron chi connectivity index (χ3n) is 4.91. The molecule has 0 radical (unpaired) electrons. The number of hydrogen-bond acceptors (Lipinski definition) is 3. The molecule has 1 aliphatic rings. The van der Waals surface area contributed by atoms with E-state index in [1.807, 2.05) is 0 Å². The highest BCUT2D eigenvalue weighted by Crippen LogP contribution is 2.31. The third-order valence-corrected chi connectivity index (χ3v) is 6.51. The number of nitrogens with one attached hydrogen (secondary N) is 1. The number of hydrogen-bond donors (Lipinski definition) is 1. The number of carbonyl (C=O) groups excluding carboxylic acids is 1. The van der Waals surface area contributed by atoms with E-state index >= 15 is 0 Å². The van der Waals surface area contributed by atoms with E-state index in [-0.39, 0.29) is 16.5 Å². The van der Waals surface area contributed by atoms with Crippen molar-refractivity contribution in [3.05, 3.63) is 88.7 Å². The van der Waals surface area contributed by atoms with Gasteiger partial charge in [-0.3, -0.25) is 9.52 Å². The minimum absolute atomic E-state index is 0.0153. The van der Waals surface area contributed by atoms with Crippen molar-refractivity contribution in [2.75, 3.05) is 16.2 Å². The molecule has 0 saturated heterocycles. The Kier molecular flexibility index (Phi) is 5.49. The molecule has 1 N–H and O–H groups in total. The van der Waals surface area contributed by atoms with Crippen molar-refractivity contribution in [1.29, 1.82) is 0 Å². The maximum atomic E-state index is 13.9. The third kappa shape index (κ3) is 4.04. The highest BCUT2D eigenvalue weighted by Gasteiger charge is 2.26. The number of fused-ring (bicyclic) bond motifs is 1. The second kappa shape index (κ2) is 8.08. The predicted octanol–water partition coefficient (Wildman–Crippen LogP) is 4.87. The first kappa shape index (κ1) is 20.4. The van der Waals surface area contributed by atoms with Gasteiger partial charge in [-0.05, 0) is 66.9 Å². The Morgan fingerprint density at radius 3 is 2.60 bits per heavy atom. The lowest BCUT2D eigenvalue weighted by Gasteiger charge is -2.30. The van der Waals surface area contributed by atoms with Crippen molar-refractivity contribution in [3.8, 4) is 0 Å². The van der Waals surface area contributed by atoms with E-state index in [1.54, 1.807) is 41.3 Å². The fourth-order valence-electron chi connectivity index (χ4n) is 3.48. The number of anilines is 2. The lowest BCUT2D eigenvalue weighted by atomic mass is 10.0. The number of rotatable bonds is 4. The van der Waals surface area contributed by atoms with E-state index in [1.165, 1.54) is 30.3 Å². The molecule has 0 atom stereocenters. The van der Waals surface area contributed by atoms with Crippen LogP contribution in [-0.4, -0.2) is 20.9 Å². The van der Waals surface area contributed by atoms with Gasteiger partial charge in [-0.2, -0.15) is 0 Å². The first-order valence-electron chi connectivity index (χ1n) is 9.33. The van der Waals surface area contributed by atoms with Crippen molar-refractivity contribution in [3.63, 3.8) is 0 Å². The summed E-state index contributed by atoms with van der Waals surface area (Å²) in [5.74, 6) is -0.851. The molecule has 0 unspecified atom stereocenters. The largest absolute Gasteiger partial charge is 0.308 e. The fourth-order valence-corrected chi connectivity index (χ4v) is 4.78. The lowest BCUT2D eigenvalue weighted by molar-refractivity contribution is 0.0985. The van der Waals surface area contributed by atoms with Crippen molar-refractivity contribution >= 4 is 38.9 Å². The summed E-state index contributed by atoms with van der Waals surface area (Å²) in [6, 6.07) is 16.9. The van der Waals surface area contributed by atoms with Crippen LogP contribution in [0.1, 0.15) is 22.3 Å². The van der Waals surface area contributed by atoms with Gasteiger partial charge in [0, 0.05) is 22.8 Å². The summed E-state index contributed by atoms with van der Waals surface area (Å²) < 4.78 is 41.6. The van der Waals surface area contributed by atoms with Gasteiger partial charge in [0.15, 0.2) is 0 Å². The molecular weight excluding hydrogens is 427 g/mol. The minimum Gasteiger partial charge on any atom is -0.308 e. The van der Waals surface area contributed by atoms with Gasteiger partial charge >= 0.3 is 0 Å². The maximum Gasteiger partial charge on any atom is 0.261 e. The van der Waals surface area contributed by atoms with Crippen LogP contribution in [0.5, 0.6) is 0 Å². The van der Waals surface area contributed by atoms with Gasteiger partial charge in [0.25, 0.3) is 15.9 Å². The number of sulfonamides is 1. The molecule has 0 spiro atoms. The summed E-state index contributed by atoms with van der Waals surface area (Å²) in [5.41, 5.74) is 1.75. The Balaban J connectivity index is 1.65. The summed E-state index contributed by atoms with van der Waals surface area (Å²) in [6.45, 7) is 0.526. The summed E-state index contributed by atoms with van der Waals surface area (Å²) >= 11 is 6.01. The zero-order valence-electron chi connectivity index (χ0n) is 15.8. The predicted molar refractivity (Wildman–Crippen MR) is 115 cm³/mol. The Morgan fingerprint density at radius 2 is 1.83 bits per heavy atom. The number of amides is 1. The van der Waals surface area contributed by atoms with Crippen LogP contribution in [0, 0.1) is 5.82 Å². The van der Waals surface area contributed by atoms with Crippen LogP contribution >= 0.6 is 11.6 Å². The Morgan fingerprint density at radius 1 is 1.03 bits per heavy atom. The monoisotopic (exact) mass is 444 g/mol. The molecule has 0 bridgehead atoms. The van der Waals surface area contributed by atoms with Gasteiger partial charge < -0.3 is 4.90 Å². The van der Waals surface area contributed by atoms with Crippen molar-refractivity contribution in [2.45, 2.75) is 17.7 Å². The summed E-state index contributed by atoms with van der Waals surface area (Å²) in [6.07, 6.45) is 1.33. The van der Waals surface area contributed by atoms with Crippen LogP contribution in [0.4, 0.5) is 15.8 Å². The summed E-state index contributed by atoms with van der Waals surface area (Å²) in [7, 11) is -3.98. The standard InChI is InChI=1S/C22H18ClFN2O3S/c23-17-7-3-5-16(13-17)22(27)26-12-4-6-15-14-18(10-11-21(15)26)30(28,29)25-20-9-2-1-8-19(20)24/h1-3,5,7-11,13-14,25H,4,6,12H2. The molecule has 1 aliphatic heterocycles. The van der Waals surface area contributed by atoms with Crippen LogP contribution in [0.15, 0.2) is 71.6 Å². The SMILES string of the molecule is O=C(c1cccc(Cl)c1)N1CCCc2cc(S(=O)(=O)Nc3ccccc3F)ccc21. The highest BCUT2D eigenvalue weighted by atomic mass is 35.5. The van der Waals surface area contributed by atoms with E-state index in [0.29, 0.717) is 35.7 Å². The number of halogens is 2. The van der Waals surface area contributed by atoms with E-state index in [0.717, 1.165) is 5.56 Å². The van der Waals surface area contributed by atoms with Crippen LogP contribution < -0.4 is 9.62 Å².